The van der Waals surface area contributed by atoms with Crippen LogP contribution in [0.1, 0.15) is 41.0 Å². The Morgan fingerprint density at radius 2 is 1.83 bits per heavy atom. The Morgan fingerprint density at radius 1 is 1.28 bits per heavy atom. The highest BCUT2D eigenvalue weighted by Crippen LogP contribution is 2.08. The van der Waals surface area contributed by atoms with Crippen molar-refractivity contribution in [3.63, 3.8) is 0 Å². The summed E-state index contributed by atoms with van der Waals surface area (Å²) in [5.41, 5.74) is -0.586. The third-order valence-corrected chi connectivity index (χ3v) is 2.68. The van der Waals surface area contributed by atoms with Gasteiger partial charge in [-0.05, 0) is 27.7 Å². The Hall–Kier alpha value is -1.04. The molecule has 1 N–H and O–H groups in total. The summed E-state index contributed by atoms with van der Waals surface area (Å²) in [6.45, 7) is 8.32. The minimum absolute atomic E-state index is 0.0180. The van der Waals surface area contributed by atoms with Gasteiger partial charge in [0.15, 0.2) is 10.9 Å². The topological polar surface area (TPSA) is 72.5 Å². The monoisotopic (exact) mass is 275 g/mol. The van der Waals surface area contributed by atoms with Crippen molar-refractivity contribution in [2.75, 3.05) is 5.75 Å². The Labute approximate surface area is 112 Å². The number of hydrogen-bond donors (Lipinski definition) is 1. The molecule has 5 nitrogen and oxygen atoms in total. The van der Waals surface area contributed by atoms with E-state index in [-0.39, 0.29) is 17.3 Å². The SMILES string of the molecule is CC(=O)SCCC(=O)[C@H](C)NC(=O)OC(C)(C)C. The number of alkyl carbamates (subject to hydrolysis) is 1. The van der Waals surface area contributed by atoms with Gasteiger partial charge in [-0.25, -0.2) is 4.79 Å². The molecule has 104 valence electrons. The van der Waals surface area contributed by atoms with E-state index < -0.39 is 17.7 Å². The summed E-state index contributed by atoms with van der Waals surface area (Å²) in [6.07, 6.45) is -0.358. The molecule has 0 radical (unpaired) electrons. The van der Waals surface area contributed by atoms with E-state index in [9.17, 15) is 14.4 Å². The van der Waals surface area contributed by atoms with Crippen LogP contribution in [-0.4, -0.2) is 34.4 Å². The van der Waals surface area contributed by atoms with Crippen LogP contribution in [0, 0.1) is 0 Å². The second kappa shape index (κ2) is 7.41. The average Bonchev–Trinajstić information content (AvgIpc) is 2.13. The lowest BCUT2D eigenvalue weighted by Gasteiger charge is -2.21. The summed E-state index contributed by atoms with van der Waals surface area (Å²) < 4.78 is 5.04. The van der Waals surface area contributed by atoms with Crippen LogP contribution in [0.2, 0.25) is 0 Å². The second-order valence-electron chi connectivity index (χ2n) is 4.92. The molecule has 0 fully saturated rings. The van der Waals surface area contributed by atoms with Crippen LogP contribution in [0.25, 0.3) is 0 Å². The van der Waals surface area contributed by atoms with Crippen LogP contribution < -0.4 is 5.32 Å². The maximum atomic E-state index is 11.6. The first-order valence-corrected chi connectivity index (χ1v) is 6.76. The quantitative estimate of drug-likeness (QED) is 0.832. The molecule has 0 heterocycles. The van der Waals surface area contributed by atoms with Crippen molar-refractivity contribution in [2.45, 2.75) is 52.7 Å². The minimum Gasteiger partial charge on any atom is -0.444 e. The predicted molar refractivity (Wildman–Crippen MR) is 71.6 cm³/mol. The summed E-state index contributed by atoms with van der Waals surface area (Å²) in [7, 11) is 0. The predicted octanol–water partition coefficient (Wildman–Crippen LogP) is 2.14. The molecule has 0 aliphatic carbocycles. The first-order chi connectivity index (χ1) is 8.11. The van der Waals surface area contributed by atoms with Gasteiger partial charge < -0.3 is 10.1 Å². The molecule has 0 aliphatic rings. The summed E-state index contributed by atoms with van der Waals surface area (Å²) in [4.78, 5) is 33.7. The van der Waals surface area contributed by atoms with E-state index in [4.69, 9.17) is 4.74 Å². The van der Waals surface area contributed by atoms with Crippen LogP contribution in [-0.2, 0) is 14.3 Å². The zero-order valence-corrected chi connectivity index (χ0v) is 12.3. The third-order valence-electron chi connectivity index (χ3n) is 1.87. The first-order valence-electron chi connectivity index (χ1n) is 5.77. The van der Waals surface area contributed by atoms with Gasteiger partial charge in [0.2, 0.25) is 0 Å². The van der Waals surface area contributed by atoms with Crippen molar-refractivity contribution >= 4 is 28.8 Å². The molecule has 18 heavy (non-hydrogen) atoms. The Morgan fingerprint density at radius 3 is 2.28 bits per heavy atom. The molecule has 0 aliphatic heterocycles. The molecule has 0 unspecified atom stereocenters. The van der Waals surface area contributed by atoms with Crippen LogP contribution in [0.5, 0.6) is 0 Å². The normalized spacial score (nSPS) is 12.7. The molecule has 0 saturated carbocycles. The number of hydrogen-bond acceptors (Lipinski definition) is 5. The number of rotatable bonds is 5. The van der Waals surface area contributed by atoms with Gasteiger partial charge in [-0.15, -0.1) is 0 Å². The largest absolute Gasteiger partial charge is 0.444 e. The number of carbonyl (C=O) groups is 3. The number of carbonyl (C=O) groups excluding carboxylic acids is 3. The molecule has 0 spiro atoms. The van der Waals surface area contributed by atoms with Gasteiger partial charge in [0.05, 0.1) is 6.04 Å². The number of thioether (sulfide) groups is 1. The van der Waals surface area contributed by atoms with Gasteiger partial charge in [-0.3, -0.25) is 9.59 Å². The van der Waals surface area contributed by atoms with Crippen molar-refractivity contribution < 1.29 is 19.1 Å². The lowest BCUT2D eigenvalue weighted by Crippen LogP contribution is -2.41. The average molecular weight is 275 g/mol. The second-order valence-corrected chi connectivity index (χ2v) is 6.20. The lowest BCUT2D eigenvalue weighted by molar-refractivity contribution is -0.120. The van der Waals surface area contributed by atoms with Crippen molar-refractivity contribution in [1.29, 1.82) is 0 Å². The summed E-state index contributed by atoms with van der Waals surface area (Å²) in [5.74, 6) is 0.323. The number of nitrogens with one attached hydrogen (secondary N) is 1. The number of ketones is 1. The van der Waals surface area contributed by atoms with E-state index in [0.717, 1.165) is 11.8 Å². The fraction of sp³-hybridized carbons (Fsp3) is 0.750. The van der Waals surface area contributed by atoms with Crippen molar-refractivity contribution in [3.05, 3.63) is 0 Å². The van der Waals surface area contributed by atoms with E-state index in [0.29, 0.717) is 5.75 Å². The minimum atomic E-state index is -0.609. The standard InChI is InChI=1S/C12H21NO4S/c1-8(10(15)6-7-18-9(2)14)13-11(16)17-12(3,4)5/h8H,6-7H2,1-5H3,(H,13,16)/t8-/m0/s1. The highest BCUT2D eigenvalue weighted by molar-refractivity contribution is 8.13. The van der Waals surface area contributed by atoms with Crippen LogP contribution in [0.15, 0.2) is 0 Å². The number of ether oxygens (including phenoxy) is 1. The number of Topliss-reactive ketones (excluding diaryl/α,β-unsaturated/α-hetero) is 1. The molecule has 0 rings (SSSR count). The van der Waals surface area contributed by atoms with E-state index in [2.05, 4.69) is 5.32 Å². The first kappa shape index (κ1) is 17.0. The van der Waals surface area contributed by atoms with E-state index in [1.807, 2.05) is 0 Å². The van der Waals surface area contributed by atoms with Gasteiger partial charge in [-0.1, -0.05) is 11.8 Å². The molecule has 0 saturated heterocycles. The molecule has 1 amide bonds. The Bertz CT molecular complexity index is 323. The van der Waals surface area contributed by atoms with Crippen molar-refractivity contribution in [1.82, 2.24) is 5.32 Å². The Kier molecular flexibility index (Phi) is 6.98. The van der Waals surface area contributed by atoms with E-state index >= 15 is 0 Å². The highest BCUT2D eigenvalue weighted by Gasteiger charge is 2.20. The van der Waals surface area contributed by atoms with Gasteiger partial charge >= 0.3 is 6.09 Å². The maximum absolute atomic E-state index is 11.6. The van der Waals surface area contributed by atoms with Crippen LogP contribution in [0.3, 0.4) is 0 Å². The van der Waals surface area contributed by atoms with Gasteiger partial charge in [0.25, 0.3) is 0 Å². The van der Waals surface area contributed by atoms with Gasteiger partial charge in [0.1, 0.15) is 5.60 Å². The summed E-state index contributed by atoms with van der Waals surface area (Å²) >= 11 is 1.10. The lowest BCUT2D eigenvalue weighted by atomic mass is 10.2. The summed E-state index contributed by atoms with van der Waals surface area (Å²) in [6, 6.07) is -0.604. The fourth-order valence-corrected chi connectivity index (χ4v) is 1.67. The fourth-order valence-electron chi connectivity index (χ4n) is 1.08. The molecule has 6 heteroatoms. The van der Waals surface area contributed by atoms with Crippen molar-refractivity contribution in [2.24, 2.45) is 0 Å². The maximum Gasteiger partial charge on any atom is 0.408 e. The summed E-state index contributed by atoms with van der Waals surface area (Å²) in [5, 5.41) is 2.45. The molecule has 0 aromatic heterocycles. The molecular weight excluding hydrogens is 254 g/mol. The number of amides is 1. The molecule has 0 aromatic carbocycles. The van der Waals surface area contributed by atoms with Crippen LogP contribution in [0.4, 0.5) is 4.79 Å². The Balaban J connectivity index is 4.00. The highest BCUT2D eigenvalue weighted by atomic mass is 32.2. The van der Waals surface area contributed by atoms with E-state index in [1.54, 1.807) is 27.7 Å². The van der Waals surface area contributed by atoms with E-state index in [1.165, 1.54) is 6.92 Å². The van der Waals surface area contributed by atoms with Gasteiger partial charge in [0, 0.05) is 19.1 Å². The molecule has 0 bridgehead atoms. The van der Waals surface area contributed by atoms with Crippen LogP contribution >= 0.6 is 11.8 Å². The molecular formula is C12H21NO4S. The third kappa shape index (κ3) is 9.04. The zero-order chi connectivity index (χ0) is 14.3. The molecule has 0 aromatic rings. The van der Waals surface area contributed by atoms with Crippen molar-refractivity contribution in [3.8, 4) is 0 Å². The molecule has 1 atom stereocenters. The smallest absolute Gasteiger partial charge is 0.408 e. The van der Waals surface area contributed by atoms with Gasteiger partial charge in [-0.2, -0.15) is 0 Å². The zero-order valence-electron chi connectivity index (χ0n) is 11.5.